The van der Waals surface area contributed by atoms with Crippen LogP contribution in [0.15, 0.2) is 0 Å². The molecule has 2 fully saturated rings. The first-order valence-electron chi connectivity index (χ1n) is 8.56. The Morgan fingerprint density at radius 3 is 2.21 bits per heavy atom. The first-order chi connectivity index (χ1) is 9.28. The molecule has 1 saturated heterocycles. The lowest BCUT2D eigenvalue weighted by Gasteiger charge is -2.40. The Hall–Kier alpha value is 0.440. The second kappa shape index (κ2) is 8.02. The molecule has 0 aromatic rings. The average molecular weight is 330 g/mol. The van der Waals surface area contributed by atoms with Gasteiger partial charge in [0.15, 0.2) is 0 Å². The van der Waals surface area contributed by atoms with Gasteiger partial charge in [0.05, 0.1) is 0 Å². The molecule has 0 aromatic heterocycles. The first kappa shape index (κ1) is 15.8. The second-order valence-corrected chi connectivity index (χ2v) is 7.62. The van der Waals surface area contributed by atoms with Gasteiger partial charge in [-0.1, -0.05) is 61.4 Å². The Morgan fingerprint density at radius 1 is 1.05 bits per heavy atom. The SMILES string of the molecule is CCCC1CCN(CC2(CBr)CCCCCC2)CC1. The third kappa shape index (κ3) is 4.74. The van der Waals surface area contributed by atoms with Crippen LogP contribution in [0.5, 0.6) is 0 Å². The summed E-state index contributed by atoms with van der Waals surface area (Å²) in [5.74, 6) is 1.02. The zero-order valence-corrected chi connectivity index (χ0v) is 14.4. The van der Waals surface area contributed by atoms with E-state index in [1.165, 1.54) is 89.2 Å². The molecule has 0 radical (unpaired) electrons. The Kier molecular flexibility index (Phi) is 6.68. The van der Waals surface area contributed by atoms with E-state index in [0.29, 0.717) is 5.41 Å². The van der Waals surface area contributed by atoms with E-state index >= 15 is 0 Å². The van der Waals surface area contributed by atoms with Gasteiger partial charge in [0.25, 0.3) is 0 Å². The number of piperidine rings is 1. The maximum atomic E-state index is 3.84. The summed E-state index contributed by atoms with van der Waals surface area (Å²) < 4.78 is 0. The fourth-order valence-corrected chi connectivity index (χ4v) is 4.87. The molecule has 0 atom stereocenters. The van der Waals surface area contributed by atoms with Gasteiger partial charge in [-0.2, -0.15) is 0 Å². The average Bonchev–Trinajstić information content (AvgIpc) is 2.68. The molecule has 1 aliphatic carbocycles. The third-order valence-electron chi connectivity index (χ3n) is 5.41. The topological polar surface area (TPSA) is 3.24 Å². The van der Waals surface area contributed by atoms with E-state index in [0.717, 1.165) is 5.92 Å². The van der Waals surface area contributed by atoms with Crippen LogP contribution in [0.1, 0.15) is 71.1 Å². The Labute approximate surface area is 128 Å². The van der Waals surface area contributed by atoms with Crippen molar-refractivity contribution in [2.75, 3.05) is 25.0 Å². The van der Waals surface area contributed by atoms with Gasteiger partial charge in [-0.05, 0) is 50.1 Å². The minimum Gasteiger partial charge on any atom is -0.303 e. The summed E-state index contributed by atoms with van der Waals surface area (Å²) in [6.45, 7) is 6.41. The number of halogens is 1. The summed E-state index contributed by atoms with van der Waals surface area (Å²) >= 11 is 3.84. The van der Waals surface area contributed by atoms with Crippen molar-refractivity contribution >= 4 is 15.9 Å². The molecule has 0 unspecified atom stereocenters. The number of nitrogens with zero attached hydrogens (tertiary/aromatic N) is 1. The minimum atomic E-state index is 0.591. The van der Waals surface area contributed by atoms with Gasteiger partial charge in [-0.3, -0.25) is 0 Å². The highest BCUT2D eigenvalue weighted by molar-refractivity contribution is 9.09. The summed E-state index contributed by atoms with van der Waals surface area (Å²) in [6.07, 6.45) is 14.5. The van der Waals surface area contributed by atoms with E-state index in [9.17, 15) is 0 Å². The van der Waals surface area contributed by atoms with Crippen LogP contribution in [0.3, 0.4) is 0 Å². The molecular weight excluding hydrogens is 298 g/mol. The summed E-state index contributed by atoms with van der Waals surface area (Å²) in [7, 11) is 0. The fraction of sp³-hybridized carbons (Fsp3) is 1.00. The molecular formula is C17H32BrN. The molecule has 2 aliphatic rings. The van der Waals surface area contributed by atoms with E-state index in [1.54, 1.807) is 0 Å². The van der Waals surface area contributed by atoms with Crippen LogP contribution < -0.4 is 0 Å². The third-order valence-corrected chi connectivity index (χ3v) is 6.60. The molecule has 0 N–H and O–H groups in total. The van der Waals surface area contributed by atoms with Crippen LogP contribution in [0.25, 0.3) is 0 Å². The van der Waals surface area contributed by atoms with Crippen molar-refractivity contribution in [3.8, 4) is 0 Å². The number of hydrogen-bond acceptors (Lipinski definition) is 1. The predicted molar refractivity (Wildman–Crippen MR) is 88.0 cm³/mol. The van der Waals surface area contributed by atoms with Gasteiger partial charge in [0.2, 0.25) is 0 Å². The van der Waals surface area contributed by atoms with E-state index < -0.39 is 0 Å². The lowest BCUT2D eigenvalue weighted by atomic mass is 9.81. The van der Waals surface area contributed by atoms with Crippen LogP contribution in [-0.4, -0.2) is 29.9 Å². The molecule has 1 aliphatic heterocycles. The van der Waals surface area contributed by atoms with Crippen LogP contribution >= 0.6 is 15.9 Å². The highest BCUT2D eigenvalue weighted by atomic mass is 79.9. The molecule has 19 heavy (non-hydrogen) atoms. The van der Waals surface area contributed by atoms with E-state index in [4.69, 9.17) is 0 Å². The van der Waals surface area contributed by atoms with E-state index in [1.807, 2.05) is 0 Å². The number of likely N-dealkylation sites (tertiary alicyclic amines) is 1. The fourth-order valence-electron chi connectivity index (χ4n) is 4.13. The maximum Gasteiger partial charge on any atom is 0.0100 e. The summed E-state index contributed by atoms with van der Waals surface area (Å²) in [5, 5.41) is 1.22. The van der Waals surface area contributed by atoms with E-state index in [-0.39, 0.29) is 0 Å². The molecule has 112 valence electrons. The zero-order chi connectivity index (χ0) is 13.6. The molecule has 1 heterocycles. The summed E-state index contributed by atoms with van der Waals surface area (Å²) in [6, 6.07) is 0. The van der Waals surface area contributed by atoms with Crippen molar-refractivity contribution in [1.82, 2.24) is 4.90 Å². The zero-order valence-electron chi connectivity index (χ0n) is 12.8. The second-order valence-electron chi connectivity index (χ2n) is 7.06. The predicted octanol–water partition coefficient (Wildman–Crippen LogP) is 5.23. The number of alkyl halides is 1. The maximum absolute atomic E-state index is 3.84. The molecule has 0 aromatic carbocycles. The van der Waals surface area contributed by atoms with Crippen LogP contribution in [0.4, 0.5) is 0 Å². The normalized spacial score (nSPS) is 26.2. The van der Waals surface area contributed by atoms with Gasteiger partial charge >= 0.3 is 0 Å². The van der Waals surface area contributed by atoms with Crippen molar-refractivity contribution in [3.63, 3.8) is 0 Å². The largest absolute Gasteiger partial charge is 0.303 e. The number of hydrogen-bond donors (Lipinski definition) is 0. The number of rotatable bonds is 5. The molecule has 0 spiro atoms. The lowest BCUT2D eigenvalue weighted by molar-refractivity contribution is 0.109. The van der Waals surface area contributed by atoms with Gasteiger partial charge < -0.3 is 4.90 Å². The highest BCUT2D eigenvalue weighted by Crippen LogP contribution is 2.38. The smallest absolute Gasteiger partial charge is 0.0100 e. The quantitative estimate of drug-likeness (QED) is 0.492. The molecule has 1 nitrogen and oxygen atoms in total. The van der Waals surface area contributed by atoms with Gasteiger partial charge in [-0.15, -0.1) is 0 Å². The van der Waals surface area contributed by atoms with Crippen LogP contribution in [0.2, 0.25) is 0 Å². The highest BCUT2D eigenvalue weighted by Gasteiger charge is 2.33. The summed E-state index contributed by atoms with van der Waals surface area (Å²) in [4.78, 5) is 2.78. The molecule has 2 heteroatoms. The van der Waals surface area contributed by atoms with Gasteiger partial charge in [0.1, 0.15) is 0 Å². The Balaban J connectivity index is 1.82. The van der Waals surface area contributed by atoms with Gasteiger partial charge in [-0.25, -0.2) is 0 Å². The monoisotopic (exact) mass is 329 g/mol. The van der Waals surface area contributed by atoms with Crippen molar-refractivity contribution < 1.29 is 0 Å². The Morgan fingerprint density at radius 2 is 1.68 bits per heavy atom. The summed E-state index contributed by atoms with van der Waals surface area (Å²) in [5.41, 5.74) is 0.591. The van der Waals surface area contributed by atoms with Crippen molar-refractivity contribution in [2.24, 2.45) is 11.3 Å². The van der Waals surface area contributed by atoms with Crippen molar-refractivity contribution in [3.05, 3.63) is 0 Å². The van der Waals surface area contributed by atoms with Crippen LogP contribution in [-0.2, 0) is 0 Å². The Bertz CT molecular complexity index is 238. The van der Waals surface area contributed by atoms with Gasteiger partial charge in [0, 0.05) is 11.9 Å². The molecule has 0 amide bonds. The van der Waals surface area contributed by atoms with Crippen molar-refractivity contribution in [2.45, 2.75) is 71.1 Å². The molecule has 0 bridgehead atoms. The van der Waals surface area contributed by atoms with Crippen LogP contribution in [0, 0.1) is 11.3 Å². The molecule has 2 rings (SSSR count). The van der Waals surface area contributed by atoms with Crippen molar-refractivity contribution in [1.29, 1.82) is 0 Å². The van der Waals surface area contributed by atoms with E-state index in [2.05, 4.69) is 27.8 Å². The standard InChI is InChI=1S/C17H32BrN/c1-2-7-16-8-12-19(13-9-16)15-17(14-18)10-5-3-4-6-11-17/h16H,2-15H2,1H3. The minimum absolute atomic E-state index is 0.591. The molecule has 1 saturated carbocycles. The first-order valence-corrected chi connectivity index (χ1v) is 9.68. The lowest BCUT2D eigenvalue weighted by Crippen LogP contribution is -2.43.